The summed E-state index contributed by atoms with van der Waals surface area (Å²) >= 11 is 1.28. The molecular formula is C21H19FN4O3S2. The normalized spacial score (nSPS) is 11.6. The second kappa shape index (κ2) is 8.12. The number of fused-ring (bicyclic) bond motifs is 1. The molecule has 7 nitrogen and oxygen atoms in total. The second-order valence-corrected chi connectivity index (χ2v) is 9.80. The molecule has 31 heavy (non-hydrogen) atoms. The van der Waals surface area contributed by atoms with Crippen molar-refractivity contribution >= 4 is 43.2 Å². The van der Waals surface area contributed by atoms with Gasteiger partial charge in [0.25, 0.3) is 5.91 Å². The van der Waals surface area contributed by atoms with Crippen molar-refractivity contribution in [1.82, 2.24) is 15.1 Å². The molecule has 0 radical (unpaired) electrons. The van der Waals surface area contributed by atoms with Gasteiger partial charge in [0.15, 0.2) is 0 Å². The third kappa shape index (κ3) is 4.59. The monoisotopic (exact) mass is 458 g/mol. The van der Waals surface area contributed by atoms with Crippen LogP contribution in [0.15, 0.2) is 54.6 Å². The molecule has 2 heterocycles. The highest BCUT2D eigenvalue weighted by atomic mass is 32.2. The summed E-state index contributed by atoms with van der Waals surface area (Å²) in [6, 6.07) is 14.6. The smallest absolute Gasteiger partial charge is 0.261 e. The number of anilines is 1. The predicted octanol–water partition coefficient (Wildman–Crippen LogP) is 3.84. The van der Waals surface area contributed by atoms with Crippen molar-refractivity contribution in [3.8, 4) is 5.69 Å². The van der Waals surface area contributed by atoms with E-state index in [4.69, 9.17) is 0 Å². The third-order valence-electron chi connectivity index (χ3n) is 4.59. The van der Waals surface area contributed by atoms with Crippen LogP contribution in [-0.2, 0) is 16.6 Å². The highest BCUT2D eigenvalue weighted by Crippen LogP contribution is 2.30. The molecule has 0 aliphatic rings. The Morgan fingerprint density at radius 1 is 1.16 bits per heavy atom. The van der Waals surface area contributed by atoms with Crippen LogP contribution in [-0.4, -0.2) is 30.4 Å². The first-order valence-corrected chi connectivity index (χ1v) is 12.0. The maximum absolute atomic E-state index is 13.3. The number of benzene rings is 2. The van der Waals surface area contributed by atoms with E-state index in [-0.39, 0.29) is 18.3 Å². The van der Waals surface area contributed by atoms with Gasteiger partial charge >= 0.3 is 0 Å². The van der Waals surface area contributed by atoms with Gasteiger partial charge in [-0.1, -0.05) is 18.2 Å². The molecule has 1 amide bonds. The number of amides is 1. The lowest BCUT2D eigenvalue weighted by molar-refractivity contribution is 0.0955. The van der Waals surface area contributed by atoms with E-state index in [0.717, 1.165) is 22.2 Å². The first kappa shape index (κ1) is 21.0. The van der Waals surface area contributed by atoms with Crippen LogP contribution in [0.4, 0.5) is 10.1 Å². The fourth-order valence-corrected chi connectivity index (χ4v) is 4.85. The molecule has 2 aromatic heterocycles. The molecule has 0 atom stereocenters. The lowest BCUT2D eigenvalue weighted by Gasteiger charge is -2.11. The molecule has 0 aliphatic carbocycles. The Morgan fingerprint density at radius 2 is 1.87 bits per heavy atom. The van der Waals surface area contributed by atoms with Crippen LogP contribution < -0.4 is 10.0 Å². The molecule has 0 bridgehead atoms. The summed E-state index contributed by atoms with van der Waals surface area (Å²) in [5.41, 5.74) is 2.53. The molecule has 0 saturated heterocycles. The Balaban J connectivity index is 1.57. The van der Waals surface area contributed by atoms with Crippen molar-refractivity contribution in [1.29, 1.82) is 0 Å². The largest absolute Gasteiger partial charge is 0.347 e. The fraction of sp³-hybridized carbons (Fsp3) is 0.143. The van der Waals surface area contributed by atoms with E-state index in [0.29, 0.717) is 21.8 Å². The summed E-state index contributed by atoms with van der Waals surface area (Å²) in [7, 11) is -3.43. The van der Waals surface area contributed by atoms with Gasteiger partial charge in [0.05, 0.1) is 28.2 Å². The summed E-state index contributed by atoms with van der Waals surface area (Å²) in [4.78, 5) is 14.1. The highest BCUT2D eigenvalue weighted by molar-refractivity contribution is 7.92. The van der Waals surface area contributed by atoms with Crippen LogP contribution in [0.2, 0.25) is 0 Å². The quantitative estimate of drug-likeness (QED) is 0.459. The Kier molecular flexibility index (Phi) is 5.50. The molecule has 160 valence electrons. The summed E-state index contributed by atoms with van der Waals surface area (Å²) in [5, 5.41) is 8.18. The number of nitrogens with one attached hydrogen (secondary N) is 2. The lowest BCUT2D eigenvalue weighted by Crippen LogP contribution is -2.23. The number of carbonyl (C=O) groups excluding carboxylic acids is 1. The molecule has 2 N–H and O–H groups in total. The standard InChI is InChI=1S/C21H19FN4O3S2/c1-13-17-11-19(30-21(17)26(24-13)16-9-7-15(22)8-10-16)20(27)23-12-14-5-3-4-6-18(14)25-31(2,28)29/h3-11,25H,12H2,1-2H3,(H,23,27). The number of hydrogen-bond donors (Lipinski definition) is 2. The molecule has 0 aliphatic heterocycles. The summed E-state index contributed by atoms with van der Waals surface area (Å²) in [5.74, 6) is -0.610. The van der Waals surface area contributed by atoms with E-state index in [1.807, 2.05) is 6.92 Å². The zero-order chi connectivity index (χ0) is 22.2. The van der Waals surface area contributed by atoms with Crippen LogP contribution >= 0.6 is 11.3 Å². The minimum absolute atomic E-state index is 0.162. The molecule has 0 spiro atoms. The number of rotatable bonds is 6. The number of aromatic nitrogens is 2. The van der Waals surface area contributed by atoms with Gasteiger partial charge < -0.3 is 5.32 Å². The average Bonchev–Trinajstić information content (AvgIpc) is 3.27. The van der Waals surface area contributed by atoms with Gasteiger partial charge in [-0.25, -0.2) is 17.5 Å². The number of nitrogens with zero attached hydrogens (tertiary/aromatic N) is 2. The number of carbonyl (C=O) groups is 1. The number of hydrogen-bond acceptors (Lipinski definition) is 5. The van der Waals surface area contributed by atoms with Gasteiger partial charge in [0.1, 0.15) is 10.6 Å². The summed E-state index contributed by atoms with van der Waals surface area (Å²) in [6.07, 6.45) is 1.08. The molecule has 10 heteroatoms. The van der Waals surface area contributed by atoms with Crippen LogP contribution in [0.3, 0.4) is 0 Å². The van der Waals surface area contributed by atoms with Crippen LogP contribution in [0.5, 0.6) is 0 Å². The molecule has 2 aromatic carbocycles. The zero-order valence-electron chi connectivity index (χ0n) is 16.7. The molecule has 4 rings (SSSR count). The van der Waals surface area contributed by atoms with Crippen LogP contribution in [0.25, 0.3) is 15.9 Å². The van der Waals surface area contributed by atoms with Crippen molar-refractivity contribution < 1.29 is 17.6 Å². The van der Waals surface area contributed by atoms with E-state index in [9.17, 15) is 17.6 Å². The first-order valence-electron chi connectivity index (χ1n) is 9.30. The summed E-state index contributed by atoms with van der Waals surface area (Å²) in [6.45, 7) is 2.01. The first-order chi connectivity index (χ1) is 14.7. The number of thiophene rings is 1. The van der Waals surface area contributed by atoms with E-state index >= 15 is 0 Å². The Bertz CT molecular complexity index is 1380. The molecular weight excluding hydrogens is 439 g/mol. The van der Waals surface area contributed by atoms with E-state index in [1.165, 1.54) is 23.5 Å². The minimum atomic E-state index is -3.43. The SMILES string of the molecule is Cc1nn(-c2ccc(F)cc2)c2sc(C(=O)NCc3ccccc3NS(C)(=O)=O)cc12. The van der Waals surface area contributed by atoms with Gasteiger partial charge in [-0.3, -0.25) is 9.52 Å². The molecule has 0 saturated carbocycles. The predicted molar refractivity (Wildman–Crippen MR) is 120 cm³/mol. The number of para-hydroxylation sites is 1. The van der Waals surface area contributed by atoms with Gasteiger partial charge in [0, 0.05) is 11.9 Å². The number of halogens is 1. The highest BCUT2D eigenvalue weighted by Gasteiger charge is 2.17. The van der Waals surface area contributed by atoms with E-state index in [1.54, 1.807) is 47.1 Å². The molecule has 4 aromatic rings. The molecule has 0 fully saturated rings. The van der Waals surface area contributed by atoms with Gasteiger partial charge in [-0.05, 0) is 48.9 Å². The summed E-state index contributed by atoms with van der Waals surface area (Å²) < 4.78 is 40.5. The average molecular weight is 459 g/mol. The van der Waals surface area contributed by atoms with Crippen molar-refractivity contribution in [2.24, 2.45) is 0 Å². The maximum Gasteiger partial charge on any atom is 0.261 e. The topological polar surface area (TPSA) is 93.1 Å². The van der Waals surface area contributed by atoms with Gasteiger partial charge in [-0.2, -0.15) is 5.10 Å². The number of sulfonamides is 1. The molecule has 0 unspecified atom stereocenters. The Hall–Kier alpha value is -3.24. The van der Waals surface area contributed by atoms with Crippen molar-refractivity contribution in [3.05, 3.63) is 76.5 Å². The van der Waals surface area contributed by atoms with E-state index in [2.05, 4.69) is 15.1 Å². The van der Waals surface area contributed by atoms with Crippen molar-refractivity contribution in [3.63, 3.8) is 0 Å². The van der Waals surface area contributed by atoms with Crippen molar-refractivity contribution in [2.75, 3.05) is 11.0 Å². The van der Waals surface area contributed by atoms with Crippen LogP contribution in [0, 0.1) is 12.7 Å². The lowest BCUT2D eigenvalue weighted by atomic mass is 10.2. The fourth-order valence-electron chi connectivity index (χ4n) is 3.15. The van der Waals surface area contributed by atoms with E-state index < -0.39 is 10.0 Å². The zero-order valence-corrected chi connectivity index (χ0v) is 18.3. The minimum Gasteiger partial charge on any atom is -0.347 e. The Morgan fingerprint density at radius 3 is 2.58 bits per heavy atom. The number of aryl methyl sites for hydroxylation is 1. The third-order valence-corrected chi connectivity index (χ3v) is 6.29. The maximum atomic E-state index is 13.3. The van der Waals surface area contributed by atoms with Gasteiger partial charge in [0.2, 0.25) is 10.0 Å². The Labute approximate surface area is 182 Å². The second-order valence-electron chi connectivity index (χ2n) is 7.02. The van der Waals surface area contributed by atoms with Crippen molar-refractivity contribution in [2.45, 2.75) is 13.5 Å². The van der Waals surface area contributed by atoms with Gasteiger partial charge in [-0.15, -0.1) is 11.3 Å². The van der Waals surface area contributed by atoms with Crippen LogP contribution in [0.1, 0.15) is 20.9 Å².